The Balaban J connectivity index is 1.68. The molecule has 0 aliphatic carbocycles. The summed E-state index contributed by atoms with van der Waals surface area (Å²) in [5, 5.41) is 6.51. The molecule has 1 aliphatic rings. The smallest absolute Gasteiger partial charge is 0.253 e. The molecule has 0 saturated carbocycles. The van der Waals surface area contributed by atoms with Crippen LogP contribution in [0.2, 0.25) is 5.02 Å². The zero-order valence-electron chi connectivity index (χ0n) is 14.5. The van der Waals surface area contributed by atoms with Crippen molar-refractivity contribution in [3.05, 3.63) is 52.2 Å². The van der Waals surface area contributed by atoms with Gasteiger partial charge in [-0.2, -0.15) is 0 Å². The lowest BCUT2D eigenvalue weighted by atomic mass is 10.1. The van der Waals surface area contributed by atoms with E-state index in [-0.39, 0.29) is 23.5 Å². The number of anilines is 2. The molecular weight excluding hydrogens is 374 g/mol. The standard InChI is InChI=1S/C18H20ClN3O3S/c1-11-7-12(2)17(15(19)8-11)22-16-4-3-13(9-20-16)18(23)21-14-5-6-26(24,25)10-14/h3-4,7-9,14H,5-6,10H2,1-2H3,(H,20,22)(H,21,23). The molecule has 1 aromatic carbocycles. The summed E-state index contributed by atoms with van der Waals surface area (Å²) in [6.45, 7) is 3.93. The third-order valence-electron chi connectivity index (χ3n) is 4.28. The minimum absolute atomic E-state index is 0.00297. The Bertz CT molecular complexity index is 920. The predicted molar refractivity (Wildman–Crippen MR) is 103 cm³/mol. The maximum Gasteiger partial charge on any atom is 0.253 e. The van der Waals surface area contributed by atoms with Crippen molar-refractivity contribution in [1.29, 1.82) is 0 Å². The summed E-state index contributed by atoms with van der Waals surface area (Å²) >= 11 is 6.28. The Morgan fingerprint density at radius 3 is 2.62 bits per heavy atom. The van der Waals surface area contributed by atoms with Gasteiger partial charge in [-0.3, -0.25) is 4.79 Å². The van der Waals surface area contributed by atoms with Crippen molar-refractivity contribution in [2.75, 3.05) is 16.8 Å². The molecule has 138 valence electrons. The zero-order valence-corrected chi connectivity index (χ0v) is 16.1. The lowest BCUT2D eigenvalue weighted by molar-refractivity contribution is 0.0941. The molecule has 3 rings (SSSR count). The molecule has 0 spiro atoms. The zero-order chi connectivity index (χ0) is 18.9. The molecule has 6 nitrogen and oxygen atoms in total. The number of aryl methyl sites for hydroxylation is 2. The van der Waals surface area contributed by atoms with Crippen LogP contribution in [0.4, 0.5) is 11.5 Å². The second-order valence-electron chi connectivity index (χ2n) is 6.57. The van der Waals surface area contributed by atoms with Gasteiger partial charge < -0.3 is 10.6 Å². The van der Waals surface area contributed by atoms with E-state index in [1.54, 1.807) is 12.1 Å². The number of benzene rings is 1. The monoisotopic (exact) mass is 393 g/mol. The van der Waals surface area contributed by atoms with Crippen LogP contribution in [-0.4, -0.2) is 36.9 Å². The molecule has 8 heteroatoms. The highest BCUT2D eigenvalue weighted by Gasteiger charge is 2.29. The summed E-state index contributed by atoms with van der Waals surface area (Å²) < 4.78 is 22.9. The van der Waals surface area contributed by atoms with E-state index in [2.05, 4.69) is 15.6 Å². The SMILES string of the molecule is Cc1cc(C)c(Nc2ccc(C(=O)NC3CCS(=O)(=O)C3)cn2)c(Cl)c1. The van der Waals surface area contributed by atoms with Crippen molar-refractivity contribution in [2.24, 2.45) is 0 Å². The highest BCUT2D eigenvalue weighted by atomic mass is 35.5. The van der Waals surface area contributed by atoms with Gasteiger partial charge in [0.15, 0.2) is 9.84 Å². The summed E-state index contributed by atoms with van der Waals surface area (Å²) in [6.07, 6.45) is 1.91. The number of carbonyl (C=O) groups excluding carboxylic acids is 1. The molecule has 1 aliphatic heterocycles. The Morgan fingerprint density at radius 1 is 1.27 bits per heavy atom. The minimum Gasteiger partial charge on any atom is -0.348 e. The Kier molecular flexibility index (Phi) is 5.20. The number of hydrogen-bond donors (Lipinski definition) is 2. The fraction of sp³-hybridized carbons (Fsp3) is 0.333. The number of rotatable bonds is 4. The normalized spacial score (nSPS) is 18.5. The molecule has 0 bridgehead atoms. The molecule has 2 N–H and O–H groups in total. The van der Waals surface area contributed by atoms with E-state index in [0.29, 0.717) is 22.8 Å². The van der Waals surface area contributed by atoms with Gasteiger partial charge in [0.1, 0.15) is 5.82 Å². The number of halogens is 1. The van der Waals surface area contributed by atoms with Gasteiger partial charge in [-0.15, -0.1) is 0 Å². The van der Waals surface area contributed by atoms with Crippen LogP contribution in [-0.2, 0) is 9.84 Å². The average Bonchev–Trinajstić information content (AvgIpc) is 2.90. The molecule has 1 aromatic heterocycles. The molecular formula is C18H20ClN3O3S. The highest BCUT2D eigenvalue weighted by Crippen LogP contribution is 2.29. The molecule has 0 radical (unpaired) electrons. The maximum atomic E-state index is 12.2. The van der Waals surface area contributed by atoms with Gasteiger partial charge in [-0.1, -0.05) is 17.7 Å². The van der Waals surface area contributed by atoms with Crippen molar-refractivity contribution < 1.29 is 13.2 Å². The third-order valence-corrected chi connectivity index (χ3v) is 6.34. The Hall–Kier alpha value is -2.12. The Morgan fingerprint density at radius 2 is 2.04 bits per heavy atom. The van der Waals surface area contributed by atoms with Crippen molar-refractivity contribution in [3.63, 3.8) is 0 Å². The van der Waals surface area contributed by atoms with Gasteiger partial charge in [-0.05, 0) is 49.6 Å². The minimum atomic E-state index is -3.03. The lowest BCUT2D eigenvalue weighted by Gasteiger charge is -2.13. The first-order valence-electron chi connectivity index (χ1n) is 8.24. The summed E-state index contributed by atoms with van der Waals surface area (Å²) in [6, 6.07) is 6.89. The van der Waals surface area contributed by atoms with Gasteiger partial charge in [-0.25, -0.2) is 13.4 Å². The number of nitrogens with zero attached hydrogens (tertiary/aromatic N) is 1. The van der Waals surface area contributed by atoms with E-state index in [1.807, 2.05) is 26.0 Å². The van der Waals surface area contributed by atoms with Gasteiger partial charge >= 0.3 is 0 Å². The number of hydrogen-bond acceptors (Lipinski definition) is 5. The van der Waals surface area contributed by atoms with Gasteiger partial charge in [0.2, 0.25) is 0 Å². The van der Waals surface area contributed by atoms with Crippen molar-refractivity contribution in [1.82, 2.24) is 10.3 Å². The van der Waals surface area contributed by atoms with Crippen LogP contribution < -0.4 is 10.6 Å². The predicted octanol–water partition coefficient (Wildman–Crippen LogP) is 3.01. The molecule has 1 unspecified atom stereocenters. The number of amides is 1. The van der Waals surface area contributed by atoms with Crippen molar-refractivity contribution in [2.45, 2.75) is 26.3 Å². The van der Waals surface area contributed by atoms with Crippen molar-refractivity contribution in [3.8, 4) is 0 Å². The summed E-state index contributed by atoms with van der Waals surface area (Å²) in [5.41, 5.74) is 3.23. The number of pyridine rings is 1. The molecule has 26 heavy (non-hydrogen) atoms. The van der Waals surface area contributed by atoms with E-state index in [4.69, 9.17) is 11.6 Å². The number of aromatic nitrogens is 1. The molecule has 1 saturated heterocycles. The first kappa shape index (κ1) is 18.7. The third kappa shape index (κ3) is 4.34. The second kappa shape index (κ2) is 7.25. The molecule has 1 fully saturated rings. The highest BCUT2D eigenvalue weighted by molar-refractivity contribution is 7.91. The van der Waals surface area contributed by atoms with E-state index < -0.39 is 9.84 Å². The average molecular weight is 394 g/mol. The van der Waals surface area contributed by atoms with Gasteiger partial charge in [0.05, 0.1) is 27.8 Å². The molecule has 2 aromatic rings. The second-order valence-corrected chi connectivity index (χ2v) is 9.21. The molecule has 1 atom stereocenters. The number of carbonyl (C=O) groups is 1. The molecule has 2 heterocycles. The number of sulfone groups is 1. The van der Waals surface area contributed by atoms with E-state index in [9.17, 15) is 13.2 Å². The first-order chi connectivity index (χ1) is 12.2. The summed E-state index contributed by atoms with van der Waals surface area (Å²) in [7, 11) is -3.03. The van der Waals surface area contributed by atoms with Crippen LogP contribution in [0, 0.1) is 13.8 Å². The fourth-order valence-corrected chi connectivity index (χ4v) is 5.02. The van der Waals surface area contributed by atoms with Crippen LogP contribution in [0.15, 0.2) is 30.5 Å². The van der Waals surface area contributed by atoms with Crippen LogP contribution in [0.25, 0.3) is 0 Å². The Labute approximate surface area is 157 Å². The van der Waals surface area contributed by atoms with Gasteiger partial charge in [0, 0.05) is 12.2 Å². The maximum absolute atomic E-state index is 12.2. The van der Waals surface area contributed by atoms with Crippen LogP contribution >= 0.6 is 11.6 Å². The fourth-order valence-electron chi connectivity index (χ4n) is 2.98. The van der Waals surface area contributed by atoms with Crippen molar-refractivity contribution >= 4 is 38.9 Å². The topological polar surface area (TPSA) is 88.2 Å². The van der Waals surface area contributed by atoms with E-state index >= 15 is 0 Å². The quantitative estimate of drug-likeness (QED) is 0.833. The number of nitrogens with one attached hydrogen (secondary N) is 2. The van der Waals surface area contributed by atoms with E-state index in [1.165, 1.54) is 6.20 Å². The van der Waals surface area contributed by atoms with Crippen LogP contribution in [0.1, 0.15) is 27.9 Å². The summed E-state index contributed by atoms with van der Waals surface area (Å²) in [5.74, 6) is 0.363. The van der Waals surface area contributed by atoms with Crippen LogP contribution in [0.5, 0.6) is 0 Å². The van der Waals surface area contributed by atoms with Crippen LogP contribution in [0.3, 0.4) is 0 Å². The summed E-state index contributed by atoms with van der Waals surface area (Å²) in [4.78, 5) is 16.5. The first-order valence-corrected chi connectivity index (χ1v) is 10.4. The lowest BCUT2D eigenvalue weighted by Crippen LogP contribution is -2.35. The largest absolute Gasteiger partial charge is 0.348 e. The van der Waals surface area contributed by atoms with E-state index in [0.717, 1.165) is 16.8 Å². The molecule has 1 amide bonds. The van der Waals surface area contributed by atoms with Gasteiger partial charge in [0.25, 0.3) is 5.91 Å².